The van der Waals surface area contributed by atoms with E-state index in [1.54, 1.807) is 11.3 Å². The standard InChI is InChI=1S/C25H19N3S/c26-15-17-6-8-19(9-7-17)25-21(18-4-2-1-3-5-18)14-22-23(28-25)10-12-27-24(22)20-11-13-29-16-20/h1-14,16H,15,26H2. The Morgan fingerprint density at radius 3 is 2.34 bits per heavy atom. The molecule has 0 aliphatic heterocycles. The summed E-state index contributed by atoms with van der Waals surface area (Å²) < 4.78 is 0. The van der Waals surface area contributed by atoms with Gasteiger partial charge in [-0.15, -0.1) is 0 Å². The lowest BCUT2D eigenvalue weighted by molar-refractivity contribution is 1.07. The van der Waals surface area contributed by atoms with Crippen LogP contribution in [0.1, 0.15) is 5.56 Å². The van der Waals surface area contributed by atoms with Crippen LogP contribution < -0.4 is 5.73 Å². The number of thiophene rings is 1. The van der Waals surface area contributed by atoms with E-state index >= 15 is 0 Å². The van der Waals surface area contributed by atoms with Crippen LogP contribution in [0.15, 0.2) is 89.8 Å². The van der Waals surface area contributed by atoms with Gasteiger partial charge in [0.25, 0.3) is 0 Å². The third kappa shape index (κ3) is 3.33. The Balaban J connectivity index is 1.79. The minimum absolute atomic E-state index is 0.534. The number of rotatable bonds is 4. The molecule has 29 heavy (non-hydrogen) atoms. The Morgan fingerprint density at radius 2 is 1.62 bits per heavy atom. The van der Waals surface area contributed by atoms with Crippen molar-refractivity contribution >= 4 is 22.2 Å². The lowest BCUT2D eigenvalue weighted by Crippen LogP contribution is -1.97. The molecule has 0 aliphatic carbocycles. The third-order valence-corrected chi connectivity index (χ3v) is 5.77. The molecule has 0 spiro atoms. The number of hydrogen-bond donors (Lipinski definition) is 1. The Bertz CT molecular complexity index is 1260. The number of nitrogens with zero attached hydrogens (tertiary/aromatic N) is 2. The van der Waals surface area contributed by atoms with Crippen molar-refractivity contribution in [3.8, 4) is 33.6 Å². The molecule has 0 bridgehead atoms. The minimum atomic E-state index is 0.534. The van der Waals surface area contributed by atoms with Crippen molar-refractivity contribution in [2.24, 2.45) is 5.73 Å². The van der Waals surface area contributed by atoms with Crippen LogP contribution in [0, 0.1) is 0 Å². The fourth-order valence-corrected chi connectivity index (χ4v) is 4.22. The second-order valence-electron chi connectivity index (χ2n) is 6.89. The van der Waals surface area contributed by atoms with Gasteiger partial charge in [0.1, 0.15) is 0 Å². The molecule has 0 aliphatic rings. The smallest absolute Gasteiger partial charge is 0.0804 e. The zero-order valence-electron chi connectivity index (χ0n) is 15.7. The summed E-state index contributed by atoms with van der Waals surface area (Å²) in [6.07, 6.45) is 1.84. The van der Waals surface area contributed by atoms with Crippen molar-refractivity contribution in [3.63, 3.8) is 0 Å². The summed E-state index contributed by atoms with van der Waals surface area (Å²) in [4.78, 5) is 9.74. The van der Waals surface area contributed by atoms with Crippen molar-refractivity contribution in [1.82, 2.24) is 9.97 Å². The Morgan fingerprint density at radius 1 is 0.793 bits per heavy atom. The average Bonchev–Trinajstić information content (AvgIpc) is 3.33. The molecule has 140 valence electrons. The van der Waals surface area contributed by atoms with Crippen molar-refractivity contribution < 1.29 is 0 Å². The Kier molecular flexibility index (Phi) is 4.64. The van der Waals surface area contributed by atoms with Gasteiger partial charge in [0.2, 0.25) is 0 Å². The first-order valence-electron chi connectivity index (χ1n) is 9.50. The third-order valence-electron chi connectivity index (χ3n) is 5.09. The normalized spacial score (nSPS) is 11.1. The number of aromatic nitrogens is 2. The maximum Gasteiger partial charge on any atom is 0.0804 e. The van der Waals surface area contributed by atoms with Crippen LogP contribution >= 0.6 is 11.3 Å². The van der Waals surface area contributed by atoms with Crippen LogP contribution in [-0.4, -0.2) is 9.97 Å². The molecule has 5 rings (SSSR count). The number of hydrogen-bond acceptors (Lipinski definition) is 4. The van der Waals surface area contributed by atoms with Gasteiger partial charge >= 0.3 is 0 Å². The van der Waals surface area contributed by atoms with Gasteiger partial charge in [0.15, 0.2) is 0 Å². The van der Waals surface area contributed by atoms with E-state index in [9.17, 15) is 0 Å². The van der Waals surface area contributed by atoms with Crippen LogP contribution in [0.5, 0.6) is 0 Å². The molecular formula is C25H19N3S. The maximum absolute atomic E-state index is 5.78. The predicted molar refractivity (Wildman–Crippen MR) is 122 cm³/mol. The minimum Gasteiger partial charge on any atom is -0.326 e. The molecule has 5 aromatic rings. The Labute approximate surface area is 173 Å². The monoisotopic (exact) mass is 393 g/mol. The zero-order valence-corrected chi connectivity index (χ0v) is 16.6. The summed E-state index contributed by atoms with van der Waals surface area (Å²) in [5.41, 5.74) is 14.2. The highest BCUT2D eigenvalue weighted by atomic mass is 32.1. The van der Waals surface area contributed by atoms with Gasteiger partial charge in [-0.1, -0.05) is 54.6 Å². The maximum atomic E-state index is 5.78. The van der Waals surface area contributed by atoms with E-state index < -0.39 is 0 Å². The summed E-state index contributed by atoms with van der Waals surface area (Å²) >= 11 is 1.68. The zero-order chi connectivity index (χ0) is 19.6. The highest BCUT2D eigenvalue weighted by molar-refractivity contribution is 7.08. The van der Waals surface area contributed by atoms with Gasteiger partial charge in [-0.2, -0.15) is 11.3 Å². The summed E-state index contributed by atoms with van der Waals surface area (Å²) in [6.45, 7) is 0.534. The molecule has 0 saturated heterocycles. The van der Waals surface area contributed by atoms with E-state index in [0.29, 0.717) is 6.54 Å². The van der Waals surface area contributed by atoms with Crippen LogP contribution in [0.4, 0.5) is 0 Å². The molecule has 2 N–H and O–H groups in total. The van der Waals surface area contributed by atoms with Gasteiger partial charge < -0.3 is 5.73 Å². The molecule has 0 fully saturated rings. The topological polar surface area (TPSA) is 51.8 Å². The van der Waals surface area contributed by atoms with Gasteiger partial charge in [-0.25, -0.2) is 4.98 Å². The van der Waals surface area contributed by atoms with Crippen molar-refractivity contribution in [2.75, 3.05) is 0 Å². The predicted octanol–water partition coefficient (Wildman–Crippen LogP) is 6.15. The number of pyridine rings is 2. The molecule has 0 atom stereocenters. The number of benzene rings is 2. The highest BCUT2D eigenvalue weighted by Crippen LogP contribution is 2.36. The Hall–Kier alpha value is -3.34. The quantitative estimate of drug-likeness (QED) is 0.398. The average molecular weight is 394 g/mol. The molecule has 3 heterocycles. The summed E-state index contributed by atoms with van der Waals surface area (Å²) in [6, 6.07) is 25.1. The molecule has 0 saturated carbocycles. The fourth-order valence-electron chi connectivity index (χ4n) is 3.58. The van der Waals surface area contributed by atoms with E-state index in [4.69, 9.17) is 10.7 Å². The fraction of sp³-hybridized carbons (Fsp3) is 0.0400. The van der Waals surface area contributed by atoms with Crippen molar-refractivity contribution in [1.29, 1.82) is 0 Å². The SMILES string of the molecule is NCc1ccc(-c2nc3ccnc(-c4ccsc4)c3cc2-c2ccccc2)cc1. The number of fused-ring (bicyclic) bond motifs is 1. The van der Waals surface area contributed by atoms with Crippen LogP contribution in [0.3, 0.4) is 0 Å². The van der Waals surface area contributed by atoms with E-state index in [2.05, 4.69) is 76.4 Å². The molecule has 4 heteroatoms. The molecule has 2 aromatic carbocycles. The second-order valence-corrected chi connectivity index (χ2v) is 7.67. The van der Waals surface area contributed by atoms with E-state index in [-0.39, 0.29) is 0 Å². The summed E-state index contributed by atoms with van der Waals surface area (Å²) in [7, 11) is 0. The lowest BCUT2D eigenvalue weighted by atomic mass is 9.96. The summed E-state index contributed by atoms with van der Waals surface area (Å²) in [5.74, 6) is 0. The first-order valence-corrected chi connectivity index (χ1v) is 10.4. The van der Waals surface area contributed by atoms with E-state index in [0.717, 1.165) is 50.1 Å². The van der Waals surface area contributed by atoms with Crippen LogP contribution in [-0.2, 0) is 6.54 Å². The summed E-state index contributed by atoms with van der Waals surface area (Å²) in [5, 5.41) is 5.27. The highest BCUT2D eigenvalue weighted by Gasteiger charge is 2.14. The molecular weight excluding hydrogens is 374 g/mol. The van der Waals surface area contributed by atoms with E-state index in [1.165, 1.54) is 0 Å². The van der Waals surface area contributed by atoms with Crippen LogP contribution in [0.25, 0.3) is 44.5 Å². The van der Waals surface area contributed by atoms with Crippen molar-refractivity contribution in [3.05, 3.63) is 95.3 Å². The molecule has 0 amide bonds. The molecule has 3 nitrogen and oxygen atoms in total. The lowest BCUT2D eigenvalue weighted by Gasteiger charge is -2.13. The molecule has 3 aromatic heterocycles. The van der Waals surface area contributed by atoms with Gasteiger partial charge in [-0.3, -0.25) is 4.98 Å². The van der Waals surface area contributed by atoms with Gasteiger partial charge in [0.05, 0.1) is 16.9 Å². The largest absolute Gasteiger partial charge is 0.326 e. The van der Waals surface area contributed by atoms with Crippen LogP contribution in [0.2, 0.25) is 0 Å². The van der Waals surface area contributed by atoms with Gasteiger partial charge in [0, 0.05) is 40.2 Å². The van der Waals surface area contributed by atoms with Gasteiger partial charge in [-0.05, 0) is 34.7 Å². The number of nitrogens with two attached hydrogens (primary N) is 1. The molecule has 0 radical (unpaired) electrons. The van der Waals surface area contributed by atoms with Crippen molar-refractivity contribution in [2.45, 2.75) is 6.54 Å². The molecule has 0 unspecified atom stereocenters. The van der Waals surface area contributed by atoms with E-state index in [1.807, 2.05) is 18.3 Å². The second kappa shape index (κ2) is 7.59. The first-order chi connectivity index (χ1) is 14.3. The first kappa shape index (κ1) is 17.7.